The highest BCUT2D eigenvalue weighted by atomic mass is 79.9. The summed E-state index contributed by atoms with van der Waals surface area (Å²) in [4.78, 5) is 1.08. The molecule has 1 atom stereocenters. The molecule has 0 saturated heterocycles. The molecular weight excluding hydrogens is 325 g/mol. The minimum Gasteiger partial charge on any atom is -0.323 e. The molecule has 0 aliphatic rings. The highest BCUT2D eigenvalue weighted by Crippen LogP contribution is 2.28. The topological polar surface area (TPSA) is 26.0 Å². The van der Waals surface area contributed by atoms with Crippen molar-refractivity contribution in [3.05, 3.63) is 55.4 Å². The molecule has 2 rings (SSSR count). The fourth-order valence-electron chi connectivity index (χ4n) is 1.55. The lowest BCUT2D eigenvalue weighted by atomic mass is 10.1. The summed E-state index contributed by atoms with van der Waals surface area (Å²) in [5, 5.41) is 2.41. The monoisotopic (exact) mass is 333 g/mol. The maximum atomic E-state index is 12.9. The molecule has 0 fully saturated rings. The fraction of sp³-hybridized carbons (Fsp3) is 0.167. The minimum atomic E-state index is -0.328. The SMILES string of the molecule is NC(Cc1ccc(F)cc1Cl)c1cc(Br)cs1. The molecule has 5 heteroatoms. The number of nitrogens with two attached hydrogens (primary N) is 1. The molecular formula is C12H10BrClFNS. The average Bonchev–Trinajstić information content (AvgIpc) is 2.69. The summed E-state index contributed by atoms with van der Waals surface area (Å²) in [6, 6.07) is 6.27. The molecule has 0 radical (unpaired) electrons. The van der Waals surface area contributed by atoms with Gasteiger partial charge in [0.2, 0.25) is 0 Å². The molecule has 1 nitrogen and oxygen atoms in total. The molecule has 17 heavy (non-hydrogen) atoms. The molecule has 1 unspecified atom stereocenters. The zero-order valence-electron chi connectivity index (χ0n) is 8.79. The number of halogens is 3. The zero-order chi connectivity index (χ0) is 12.4. The van der Waals surface area contributed by atoms with Crippen LogP contribution in [0.15, 0.2) is 34.1 Å². The van der Waals surface area contributed by atoms with Crippen molar-refractivity contribution in [2.45, 2.75) is 12.5 Å². The Morgan fingerprint density at radius 3 is 2.76 bits per heavy atom. The van der Waals surface area contributed by atoms with E-state index >= 15 is 0 Å². The number of rotatable bonds is 3. The third kappa shape index (κ3) is 3.28. The van der Waals surface area contributed by atoms with Crippen LogP contribution in [0.5, 0.6) is 0 Å². The predicted molar refractivity (Wildman–Crippen MR) is 74.1 cm³/mol. The van der Waals surface area contributed by atoms with Gasteiger partial charge >= 0.3 is 0 Å². The van der Waals surface area contributed by atoms with Gasteiger partial charge in [0.05, 0.1) is 0 Å². The number of hydrogen-bond acceptors (Lipinski definition) is 2. The molecule has 0 aliphatic carbocycles. The largest absolute Gasteiger partial charge is 0.323 e. The molecule has 2 aromatic rings. The van der Waals surface area contributed by atoms with Gasteiger partial charge in [0.15, 0.2) is 0 Å². The molecule has 0 aliphatic heterocycles. The molecule has 0 amide bonds. The lowest BCUT2D eigenvalue weighted by molar-refractivity contribution is 0.626. The summed E-state index contributed by atoms with van der Waals surface area (Å²) in [6.45, 7) is 0. The van der Waals surface area contributed by atoms with Crippen LogP contribution in [0.4, 0.5) is 4.39 Å². The summed E-state index contributed by atoms with van der Waals surface area (Å²) in [6.07, 6.45) is 0.603. The van der Waals surface area contributed by atoms with E-state index in [1.807, 2.05) is 11.4 Å². The first-order valence-electron chi connectivity index (χ1n) is 4.99. The van der Waals surface area contributed by atoms with Crippen molar-refractivity contribution in [1.82, 2.24) is 0 Å². The van der Waals surface area contributed by atoms with Gasteiger partial charge in [-0.15, -0.1) is 11.3 Å². The maximum Gasteiger partial charge on any atom is 0.124 e. The highest BCUT2D eigenvalue weighted by Gasteiger charge is 2.12. The Balaban J connectivity index is 2.15. The van der Waals surface area contributed by atoms with Gasteiger partial charge in [0.25, 0.3) is 0 Å². The van der Waals surface area contributed by atoms with Crippen LogP contribution in [-0.2, 0) is 6.42 Å². The van der Waals surface area contributed by atoms with Crippen molar-refractivity contribution < 1.29 is 4.39 Å². The Morgan fingerprint density at radius 1 is 1.41 bits per heavy atom. The van der Waals surface area contributed by atoms with Crippen LogP contribution in [0.1, 0.15) is 16.5 Å². The van der Waals surface area contributed by atoms with Crippen molar-refractivity contribution in [3.63, 3.8) is 0 Å². The first-order valence-corrected chi connectivity index (χ1v) is 7.05. The van der Waals surface area contributed by atoms with E-state index < -0.39 is 0 Å². The highest BCUT2D eigenvalue weighted by molar-refractivity contribution is 9.10. The minimum absolute atomic E-state index is 0.116. The van der Waals surface area contributed by atoms with Crippen LogP contribution in [0.25, 0.3) is 0 Å². The van der Waals surface area contributed by atoms with Crippen LogP contribution in [0, 0.1) is 5.82 Å². The first kappa shape index (κ1) is 13.0. The maximum absolute atomic E-state index is 12.9. The van der Waals surface area contributed by atoms with E-state index in [0.29, 0.717) is 11.4 Å². The normalized spacial score (nSPS) is 12.7. The predicted octanol–water partition coefficient (Wildman–Crippen LogP) is 4.55. The number of hydrogen-bond donors (Lipinski definition) is 1. The van der Waals surface area contributed by atoms with Crippen LogP contribution in [-0.4, -0.2) is 0 Å². The average molecular weight is 335 g/mol. The molecule has 2 N–H and O–H groups in total. The zero-order valence-corrected chi connectivity index (χ0v) is 11.9. The Kier molecular flexibility index (Phi) is 4.20. The molecule has 1 aromatic heterocycles. The van der Waals surface area contributed by atoms with E-state index in [1.54, 1.807) is 17.4 Å². The lowest BCUT2D eigenvalue weighted by Crippen LogP contribution is -2.12. The fourth-order valence-corrected chi connectivity index (χ4v) is 3.24. The van der Waals surface area contributed by atoms with Gasteiger partial charge in [-0.25, -0.2) is 4.39 Å². The lowest BCUT2D eigenvalue weighted by Gasteiger charge is -2.10. The van der Waals surface area contributed by atoms with E-state index in [4.69, 9.17) is 17.3 Å². The smallest absolute Gasteiger partial charge is 0.124 e. The van der Waals surface area contributed by atoms with Gasteiger partial charge in [-0.05, 0) is 46.1 Å². The Morgan fingerprint density at radius 2 is 2.18 bits per heavy atom. The van der Waals surface area contributed by atoms with Gasteiger partial charge in [-0.2, -0.15) is 0 Å². The molecule has 0 saturated carbocycles. The van der Waals surface area contributed by atoms with Crippen molar-refractivity contribution in [1.29, 1.82) is 0 Å². The molecule has 1 heterocycles. The summed E-state index contributed by atoms with van der Waals surface area (Å²) in [7, 11) is 0. The van der Waals surface area contributed by atoms with Gasteiger partial charge in [0.1, 0.15) is 5.82 Å². The molecule has 1 aromatic carbocycles. The van der Waals surface area contributed by atoms with Crippen molar-refractivity contribution >= 4 is 38.9 Å². The van der Waals surface area contributed by atoms with E-state index in [-0.39, 0.29) is 11.9 Å². The first-order chi connectivity index (χ1) is 8.06. The van der Waals surface area contributed by atoms with E-state index in [2.05, 4.69) is 15.9 Å². The summed E-state index contributed by atoms with van der Waals surface area (Å²) < 4.78 is 13.9. The van der Waals surface area contributed by atoms with E-state index in [1.165, 1.54) is 12.1 Å². The molecule has 0 spiro atoms. The molecule has 90 valence electrons. The van der Waals surface area contributed by atoms with Crippen molar-refractivity contribution in [3.8, 4) is 0 Å². The second kappa shape index (κ2) is 5.48. The van der Waals surface area contributed by atoms with Crippen LogP contribution >= 0.6 is 38.9 Å². The van der Waals surface area contributed by atoms with E-state index in [9.17, 15) is 4.39 Å². The van der Waals surface area contributed by atoms with Gasteiger partial charge in [-0.3, -0.25) is 0 Å². The standard InChI is InChI=1S/C12H10BrClFNS/c13-8-4-12(17-6-8)11(16)3-7-1-2-9(15)5-10(7)14/h1-2,4-6,11H,3,16H2. The quantitative estimate of drug-likeness (QED) is 0.876. The Labute approximate surface area is 117 Å². The van der Waals surface area contributed by atoms with Crippen molar-refractivity contribution in [2.75, 3.05) is 0 Å². The second-order valence-corrected chi connectivity index (χ2v) is 5.98. The Hall–Kier alpha value is -0.420. The number of benzene rings is 1. The number of thiophene rings is 1. The third-order valence-corrected chi connectivity index (χ3v) is 4.59. The van der Waals surface area contributed by atoms with E-state index in [0.717, 1.165) is 14.9 Å². The molecule has 0 bridgehead atoms. The van der Waals surface area contributed by atoms with Crippen LogP contribution in [0.3, 0.4) is 0 Å². The summed E-state index contributed by atoms with van der Waals surface area (Å²) >= 11 is 11.0. The van der Waals surface area contributed by atoms with Gasteiger partial charge in [0, 0.05) is 25.8 Å². The van der Waals surface area contributed by atoms with Gasteiger partial charge in [-0.1, -0.05) is 17.7 Å². The van der Waals surface area contributed by atoms with Crippen LogP contribution in [0.2, 0.25) is 5.02 Å². The third-order valence-electron chi connectivity index (χ3n) is 2.41. The second-order valence-electron chi connectivity index (χ2n) is 3.71. The van der Waals surface area contributed by atoms with Crippen molar-refractivity contribution in [2.24, 2.45) is 5.73 Å². The Bertz CT molecular complexity index is 529. The van der Waals surface area contributed by atoms with Gasteiger partial charge < -0.3 is 5.73 Å². The summed E-state index contributed by atoms with van der Waals surface area (Å²) in [5.74, 6) is -0.328. The van der Waals surface area contributed by atoms with Crippen LogP contribution < -0.4 is 5.73 Å². The summed E-state index contributed by atoms with van der Waals surface area (Å²) in [5.41, 5.74) is 6.95.